The Labute approximate surface area is 65.3 Å². The fraction of sp³-hybridized carbons (Fsp3) is 0.857. The van der Waals surface area contributed by atoms with E-state index in [9.17, 15) is 4.79 Å². The fourth-order valence-electron chi connectivity index (χ4n) is 0.873. The summed E-state index contributed by atoms with van der Waals surface area (Å²) in [5, 5.41) is 0. The van der Waals surface area contributed by atoms with Gasteiger partial charge in [0.1, 0.15) is 0 Å². The summed E-state index contributed by atoms with van der Waals surface area (Å²) in [5.74, 6) is 1.18. The van der Waals surface area contributed by atoms with Gasteiger partial charge in [0.15, 0.2) is 11.2 Å². The van der Waals surface area contributed by atoms with Gasteiger partial charge in [0.05, 0.1) is 6.10 Å². The van der Waals surface area contributed by atoms with Crippen LogP contribution < -0.4 is 0 Å². The molecule has 0 aliphatic carbocycles. The first-order valence-corrected chi connectivity index (χ1v) is 4.52. The van der Waals surface area contributed by atoms with Gasteiger partial charge in [-0.2, -0.15) is 0 Å². The molecule has 0 radical (unpaired) electrons. The van der Waals surface area contributed by atoms with Gasteiger partial charge in [0.25, 0.3) is 0 Å². The lowest BCUT2D eigenvalue weighted by Gasteiger charge is -2.25. The summed E-state index contributed by atoms with van der Waals surface area (Å²) in [6, 6.07) is 0. The Balaban J connectivity index is 2.39. The second-order valence-electron chi connectivity index (χ2n) is 2.55. The Hall–Kier alpha value is -0.0200. The van der Waals surface area contributed by atoms with Gasteiger partial charge in [-0.3, -0.25) is 4.79 Å². The van der Waals surface area contributed by atoms with E-state index in [4.69, 9.17) is 4.74 Å². The zero-order valence-corrected chi connectivity index (χ0v) is 7.11. The van der Waals surface area contributed by atoms with Crippen LogP contribution in [0.1, 0.15) is 20.3 Å². The van der Waals surface area contributed by atoms with Crippen molar-refractivity contribution < 1.29 is 9.53 Å². The number of hydrogen-bond donors (Lipinski definition) is 0. The van der Waals surface area contributed by atoms with Crippen LogP contribution >= 0.6 is 11.8 Å². The van der Waals surface area contributed by atoms with Crippen molar-refractivity contribution in [2.75, 3.05) is 5.75 Å². The third-order valence-corrected chi connectivity index (χ3v) is 2.70. The van der Waals surface area contributed by atoms with Crippen LogP contribution in [0.15, 0.2) is 0 Å². The summed E-state index contributed by atoms with van der Waals surface area (Å²) >= 11 is 1.60. The molecule has 1 heterocycles. The summed E-state index contributed by atoms with van der Waals surface area (Å²) in [6.45, 7) is 3.59. The van der Waals surface area contributed by atoms with Gasteiger partial charge in [0, 0.05) is 0 Å². The van der Waals surface area contributed by atoms with Gasteiger partial charge in [-0.25, -0.2) is 0 Å². The van der Waals surface area contributed by atoms with Crippen molar-refractivity contribution >= 4 is 17.5 Å². The van der Waals surface area contributed by atoms with Crippen molar-refractivity contribution in [2.24, 2.45) is 0 Å². The Morgan fingerprint density at radius 3 is 2.80 bits per heavy atom. The zero-order valence-electron chi connectivity index (χ0n) is 6.29. The second kappa shape index (κ2) is 3.39. The SMILES string of the molecule is CC(=O)[C@@H]1O[C@H](C)CCS1. The predicted octanol–water partition coefficient (Wildman–Crippen LogP) is 1.44. The fourth-order valence-corrected chi connectivity index (χ4v) is 2.06. The zero-order chi connectivity index (χ0) is 7.56. The van der Waals surface area contributed by atoms with Crippen molar-refractivity contribution in [1.82, 2.24) is 0 Å². The van der Waals surface area contributed by atoms with Crippen LogP contribution in [-0.2, 0) is 9.53 Å². The molecule has 58 valence electrons. The maximum Gasteiger partial charge on any atom is 0.168 e. The number of Topliss-reactive ketones (excluding diaryl/α,β-unsaturated/α-hetero) is 1. The van der Waals surface area contributed by atoms with Gasteiger partial charge in [0.2, 0.25) is 0 Å². The highest BCUT2D eigenvalue weighted by Gasteiger charge is 2.22. The molecule has 0 bridgehead atoms. The van der Waals surface area contributed by atoms with E-state index in [0.717, 1.165) is 12.2 Å². The summed E-state index contributed by atoms with van der Waals surface area (Å²) in [4.78, 5) is 10.8. The second-order valence-corrected chi connectivity index (χ2v) is 3.72. The Bertz CT molecular complexity index is 136. The van der Waals surface area contributed by atoms with Crippen LogP contribution in [0.25, 0.3) is 0 Å². The molecule has 0 spiro atoms. The van der Waals surface area contributed by atoms with E-state index in [2.05, 4.69) is 0 Å². The van der Waals surface area contributed by atoms with Gasteiger partial charge >= 0.3 is 0 Å². The molecule has 2 atom stereocenters. The van der Waals surface area contributed by atoms with Crippen molar-refractivity contribution in [3.63, 3.8) is 0 Å². The highest BCUT2D eigenvalue weighted by Crippen LogP contribution is 2.23. The van der Waals surface area contributed by atoms with E-state index in [0.29, 0.717) is 0 Å². The van der Waals surface area contributed by atoms with E-state index >= 15 is 0 Å². The average Bonchev–Trinajstić information content (AvgIpc) is 1.88. The lowest BCUT2D eigenvalue weighted by molar-refractivity contribution is -0.125. The maximum absolute atomic E-state index is 10.8. The van der Waals surface area contributed by atoms with E-state index in [-0.39, 0.29) is 17.3 Å². The highest BCUT2D eigenvalue weighted by molar-refractivity contribution is 8.00. The number of rotatable bonds is 1. The first-order chi connectivity index (χ1) is 4.70. The molecular weight excluding hydrogens is 148 g/mol. The molecule has 1 fully saturated rings. The third kappa shape index (κ3) is 1.99. The smallest absolute Gasteiger partial charge is 0.168 e. The first-order valence-electron chi connectivity index (χ1n) is 3.47. The van der Waals surface area contributed by atoms with Gasteiger partial charge < -0.3 is 4.74 Å². The summed E-state index contributed by atoms with van der Waals surface area (Å²) in [7, 11) is 0. The summed E-state index contributed by atoms with van der Waals surface area (Å²) < 4.78 is 5.36. The van der Waals surface area contributed by atoms with Gasteiger partial charge in [-0.1, -0.05) is 0 Å². The largest absolute Gasteiger partial charge is 0.357 e. The van der Waals surface area contributed by atoms with Gasteiger partial charge in [-0.15, -0.1) is 11.8 Å². The topological polar surface area (TPSA) is 26.3 Å². The Morgan fingerprint density at radius 2 is 2.40 bits per heavy atom. The minimum absolute atomic E-state index is 0.136. The van der Waals surface area contributed by atoms with Crippen LogP contribution in [0.2, 0.25) is 0 Å². The molecule has 0 N–H and O–H groups in total. The average molecular weight is 160 g/mol. The number of ether oxygens (including phenoxy) is 1. The highest BCUT2D eigenvalue weighted by atomic mass is 32.2. The third-order valence-electron chi connectivity index (χ3n) is 1.48. The normalized spacial score (nSPS) is 33.8. The molecule has 0 aromatic heterocycles. The molecule has 0 saturated carbocycles. The van der Waals surface area contributed by atoms with Crippen molar-refractivity contribution in [3.8, 4) is 0 Å². The first kappa shape index (κ1) is 8.08. The van der Waals surface area contributed by atoms with Crippen LogP contribution in [0, 0.1) is 0 Å². The molecule has 3 heteroatoms. The van der Waals surface area contributed by atoms with Crippen molar-refractivity contribution in [1.29, 1.82) is 0 Å². The standard InChI is InChI=1S/C7H12O2S/c1-5-3-4-10-7(9-5)6(2)8/h5,7H,3-4H2,1-2H3/t5-,7-/m1/s1. The number of thioether (sulfide) groups is 1. The number of carbonyl (C=O) groups excluding carboxylic acids is 1. The maximum atomic E-state index is 10.8. The molecule has 0 aromatic rings. The number of carbonyl (C=O) groups is 1. The van der Waals surface area contributed by atoms with E-state index < -0.39 is 0 Å². The molecular formula is C7H12O2S. The molecule has 1 saturated heterocycles. The molecule has 1 aliphatic heterocycles. The molecule has 1 rings (SSSR count). The number of ketones is 1. The molecule has 1 aliphatic rings. The molecule has 0 amide bonds. The van der Waals surface area contributed by atoms with Crippen molar-refractivity contribution in [2.45, 2.75) is 31.8 Å². The Morgan fingerprint density at radius 1 is 1.70 bits per heavy atom. The molecule has 2 nitrogen and oxygen atoms in total. The van der Waals surface area contributed by atoms with Gasteiger partial charge in [-0.05, 0) is 26.0 Å². The van der Waals surface area contributed by atoms with Crippen LogP contribution in [0.3, 0.4) is 0 Å². The lowest BCUT2D eigenvalue weighted by atomic mass is 10.3. The van der Waals surface area contributed by atoms with E-state index in [1.165, 1.54) is 0 Å². The lowest BCUT2D eigenvalue weighted by Crippen LogP contribution is -2.28. The number of hydrogen-bond acceptors (Lipinski definition) is 3. The molecule has 0 aromatic carbocycles. The van der Waals surface area contributed by atoms with Crippen LogP contribution in [0.4, 0.5) is 0 Å². The molecule has 0 unspecified atom stereocenters. The quantitative estimate of drug-likeness (QED) is 0.580. The molecule has 10 heavy (non-hydrogen) atoms. The summed E-state index contributed by atoms with van der Waals surface area (Å²) in [6.07, 6.45) is 1.32. The monoisotopic (exact) mass is 160 g/mol. The Kier molecular flexibility index (Phi) is 2.74. The van der Waals surface area contributed by atoms with E-state index in [1.807, 2.05) is 6.92 Å². The predicted molar refractivity (Wildman–Crippen MR) is 42.1 cm³/mol. The van der Waals surface area contributed by atoms with Crippen LogP contribution in [0.5, 0.6) is 0 Å². The van der Waals surface area contributed by atoms with Crippen molar-refractivity contribution in [3.05, 3.63) is 0 Å². The van der Waals surface area contributed by atoms with Crippen LogP contribution in [-0.4, -0.2) is 23.1 Å². The summed E-state index contributed by atoms with van der Waals surface area (Å²) in [5.41, 5.74) is -0.191. The minimum atomic E-state index is -0.191. The van der Waals surface area contributed by atoms with E-state index in [1.54, 1.807) is 18.7 Å². The minimum Gasteiger partial charge on any atom is -0.357 e.